The van der Waals surface area contributed by atoms with E-state index in [0.29, 0.717) is 40.2 Å². The van der Waals surface area contributed by atoms with Crippen LogP contribution in [0.2, 0.25) is 0 Å². The summed E-state index contributed by atoms with van der Waals surface area (Å²) in [5.74, 6) is -2.20. The number of anilines is 1. The molecule has 2 aromatic carbocycles. The van der Waals surface area contributed by atoms with Gasteiger partial charge < -0.3 is 20.1 Å². The second-order valence-electron chi connectivity index (χ2n) is 10.7. The van der Waals surface area contributed by atoms with Crippen molar-refractivity contribution < 1.29 is 18.4 Å². The molecule has 1 saturated heterocycles. The third-order valence-electron chi connectivity index (χ3n) is 8.21. The van der Waals surface area contributed by atoms with E-state index in [-0.39, 0.29) is 17.4 Å². The van der Waals surface area contributed by atoms with Gasteiger partial charge in [-0.3, -0.25) is 9.59 Å². The topological polar surface area (TPSA) is 68.4 Å². The van der Waals surface area contributed by atoms with Crippen LogP contribution < -0.4 is 5.32 Å². The molecule has 3 aliphatic rings. The average Bonchev–Trinajstić information content (AvgIpc) is 3.37. The van der Waals surface area contributed by atoms with Crippen LogP contribution in [0.15, 0.2) is 36.4 Å². The molecule has 6 nitrogen and oxygen atoms in total. The Bertz CT molecular complexity index is 1490. The molecule has 3 aromatic rings. The summed E-state index contributed by atoms with van der Waals surface area (Å²) < 4.78 is 28.8. The lowest BCUT2D eigenvalue weighted by atomic mass is 9.93. The van der Waals surface area contributed by atoms with Crippen LogP contribution in [-0.2, 0) is 11.2 Å². The molecule has 0 spiro atoms. The largest absolute Gasteiger partial charge is 0.358 e. The molecule has 0 radical (unpaired) electrons. The number of aromatic nitrogens is 1. The molecule has 2 amide bonds. The summed E-state index contributed by atoms with van der Waals surface area (Å²) in [6.45, 7) is 6.41. The molecule has 6 rings (SSSR count). The van der Waals surface area contributed by atoms with E-state index >= 15 is 0 Å². The minimum atomic E-state index is -0.956. The van der Waals surface area contributed by atoms with Crippen LogP contribution in [0.1, 0.15) is 58.6 Å². The molecule has 0 saturated carbocycles. The Labute approximate surface area is 226 Å². The normalized spacial score (nSPS) is 18.7. The molecule has 202 valence electrons. The van der Waals surface area contributed by atoms with E-state index < -0.39 is 11.6 Å². The molecule has 2 N–H and O–H groups in total. The van der Waals surface area contributed by atoms with Crippen molar-refractivity contribution in [2.24, 2.45) is 0 Å². The highest BCUT2D eigenvalue weighted by Crippen LogP contribution is 2.42. The first kappa shape index (κ1) is 25.5. The monoisotopic (exact) mass is 530 g/mol. The van der Waals surface area contributed by atoms with Crippen LogP contribution in [0.25, 0.3) is 22.8 Å². The summed E-state index contributed by atoms with van der Waals surface area (Å²) in [5.41, 5.74) is 4.96. The number of carbonyl (C=O) groups excluding carboxylic acids is 2. The van der Waals surface area contributed by atoms with Crippen LogP contribution >= 0.6 is 0 Å². The van der Waals surface area contributed by atoms with E-state index in [1.165, 1.54) is 31.4 Å². The summed E-state index contributed by atoms with van der Waals surface area (Å²) >= 11 is 0. The maximum absolute atomic E-state index is 14.8. The van der Waals surface area contributed by atoms with Crippen LogP contribution in [0.5, 0.6) is 0 Å². The van der Waals surface area contributed by atoms with Gasteiger partial charge in [-0.05, 0) is 75.0 Å². The smallest absolute Gasteiger partial charge is 0.256 e. The number of H-pyrrole nitrogens is 1. The fourth-order valence-electron chi connectivity index (χ4n) is 6.13. The number of nitrogens with one attached hydrogen (secondary N) is 2. The maximum atomic E-state index is 14.8. The van der Waals surface area contributed by atoms with Crippen molar-refractivity contribution in [3.05, 3.63) is 76.1 Å². The van der Waals surface area contributed by atoms with Gasteiger partial charge in [-0.25, -0.2) is 8.78 Å². The van der Waals surface area contributed by atoms with Crippen LogP contribution in [-0.4, -0.2) is 59.3 Å². The number of nitrogens with zero attached hydrogens (tertiary/aromatic N) is 2. The number of amides is 2. The first-order valence-electron chi connectivity index (χ1n) is 13.8. The predicted octanol–water partition coefficient (Wildman–Crippen LogP) is 5.64. The molecular weight excluding hydrogens is 498 g/mol. The van der Waals surface area contributed by atoms with Crippen LogP contribution in [0, 0.1) is 18.6 Å². The van der Waals surface area contributed by atoms with E-state index in [2.05, 4.69) is 15.2 Å². The summed E-state index contributed by atoms with van der Waals surface area (Å²) in [6.07, 6.45) is 7.06. The lowest BCUT2D eigenvalue weighted by Gasteiger charge is -2.29. The number of halogens is 2. The number of rotatable bonds is 5. The Balaban J connectivity index is 1.34. The molecule has 8 heteroatoms. The molecule has 3 aliphatic heterocycles. The van der Waals surface area contributed by atoms with Gasteiger partial charge in [-0.1, -0.05) is 30.7 Å². The zero-order valence-electron chi connectivity index (χ0n) is 22.1. The Hall–Kier alpha value is -3.78. The molecule has 0 unspecified atom stereocenters. The Morgan fingerprint density at radius 2 is 1.67 bits per heavy atom. The van der Waals surface area contributed by atoms with Crippen LogP contribution in [0.4, 0.5) is 14.5 Å². The Morgan fingerprint density at radius 3 is 2.49 bits per heavy atom. The fourth-order valence-corrected chi connectivity index (χ4v) is 6.13. The highest BCUT2D eigenvalue weighted by Gasteiger charge is 2.31. The van der Waals surface area contributed by atoms with Gasteiger partial charge in [0.15, 0.2) is 11.6 Å². The first-order valence-corrected chi connectivity index (χ1v) is 13.8. The first-order chi connectivity index (χ1) is 18.9. The van der Waals surface area contributed by atoms with Crippen LogP contribution in [0.3, 0.4) is 0 Å². The van der Waals surface area contributed by atoms with Crippen molar-refractivity contribution in [3.63, 3.8) is 0 Å². The highest BCUT2D eigenvalue weighted by molar-refractivity contribution is 6.36. The van der Waals surface area contributed by atoms with Gasteiger partial charge >= 0.3 is 0 Å². The molecule has 39 heavy (non-hydrogen) atoms. The summed E-state index contributed by atoms with van der Waals surface area (Å²) in [5, 5.41) is 2.85. The molecule has 4 heterocycles. The van der Waals surface area contributed by atoms with Gasteiger partial charge in [0, 0.05) is 47.8 Å². The van der Waals surface area contributed by atoms with Crippen molar-refractivity contribution in [1.82, 2.24) is 14.8 Å². The third kappa shape index (κ3) is 4.67. The van der Waals surface area contributed by atoms with E-state index in [9.17, 15) is 18.4 Å². The van der Waals surface area contributed by atoms with E-state index in [1.54, 1.807) is 24.3 Å². The number of benzene rings is 2. The van der Waals surface area contributed by atoms with Crippen molar-refractivity contribution in [3.8, 4) is 11.1 Å². The number of fused-ring (bicyclic) bond motifs is 2. The Kier molecular flexibility index (Phi) is 6.81. The standard InChI is InChI=1S/C31H32F2N4O2/c1-19-26(34-24-12-7-15-37(31(39)27(19)24)17-16-36-13-3-2-4-14-36)18-22-28-20(8-6-11-25(28)35-30(22)38)21-9-5-10-23(32)29(21)33/h5-6,8-11,18,34H,2-4,7,12-17H2,1H3,(H,35,38)/b22-18-. The predicted molar refractivity (Wildman–Crippen MR) is 148 cm³/mol. The van der Waals surface area contributed by atoms with E-state index in [0.717, 1.165) is 56.3 Å². The average molecular weight is 531 g/mol. The maximum Gasteiger partial charge on any atom is 0.256 e. The number of aryl methyl sites for hydroxylation is 1. The van der Waals surface area contributed by atoms with E-state index in [4.69, 9.17) is 0 Å². The number of piperidine rings is 1. The quantitative estimate of drug-likeness (QED) is 0.420. The zero-order chi connectivity index (χ0) is 27.1. The van der Waals surface area contributed by atoms with E-state index in [1.807, 2.05) is 11.8 Å². The lowest BCUT2D eigenvalue weighted by Crippen LogP contribution is -2.40. The number of likely N-dealkylation sites (tertiary alicyclic amines) is 1. The molecular formula is C31H32F2N4O2. The van der Waals surface area contributed by atoms with Gasteiger partial charge in [0.2, 0.25) is 0 Å². The molecule has 1 aromatic heterocycles. The molecule has 0 aliphatic carbocycles. The van der Waals surface area contributed by atoms with Crippen molar-refractivity contribution in [2.45, 2.75) is 39.0 Å². The van der Waals surface area contributed by atoms with Gasteiger partial charge in [-0.15, -0.1) is 0 Å². The number of hydrogen-bond donors (Lipinski definition) is 2. The lowest BCUT2D eigenvalue weighted by molar-refractivity contribution is -0.110. The Morgan fingerprint density at radius 1 is 0.897 bits per heavy atom. The van der Waals surface area contributed by atoms with Crippen molar-refractivity contribution in [2.75, 3.05) is 38.0 Å². The second kappa shape index (κ2) is 10.4. The number of hydrogen-bond acceptors (Lipinski definition) is 3. The van der Waals surface area contributed by atoms with Gasteiger partial charge in [-0.2, -0.15) is 0 Å². The highest BCUT2D eigenvalue weighted by atomic mass is 19.2. The van der Waals surface area contributed by atoms with Gasteiger partial charge in [0.25, 0.3) is 11.8 Å². The SMILES string of the molecule is Cc1c(/C=C2\C(=O)Nc3cccc(-c4cccc(F)c4F)c32)[nH]c2c1C(=O)N(CCN1CCCCC1)CCC2. The van der Waals surface area contributed by atoms with Gasteiger partial charge in [0.05, 0.1) is 11.1 Å². The minimum absolute atomic E-state index is 0.0247. The number of carbonyl (C=O) groups is 2. The second-order valence-corrected chi connectivity index (χ2v) is 10.7. The van der Waals surface area contributed by atoms with Crippen molar-refractivity contribution >= 4 is 29.2 Å². The zero-order valence-corrected chi connectivity index (χ0v) is 22.1. The fraction of sp³-hybridized carbons (Fsp3) is 0.355. The summed E-state index contributed by atoms with van der Waals surface area (Å²) in [7, 11) is 0. The minimum Gasteiger partial charge on any atom is -0.358 e. The number of aromatic amines is 1. The van der Waals surface area contributed by atoms with Gasteiger partial charge in [0.1, 0.15) is 0 Å². The van der Waals surface area contributed by atoms with Crippen molar-refractivity contribution in [1.29, 1.82) is 0 Å². The molecule has 0 bridgehead atoms. The summed E-state index contributed by atoms with van der Waals surface area (Å²) in [4.78, 5) is 34.6. The molecule has 0 atom stereocenters. The third-order valence-corrected chi connectivity index (χ3v) is 8.21. The molecule has 1 fully saturated rings. The summed E-state index contributed by atoms with van der Waals surface area (Å²) in [6, 6.07) is 9.18.